The van der Waals surface area contributed by atoms with Crippen molar-refractivity contribution in [2.45, 2.75) is 6.92 Å². The molecule has 0 unspecified atom stereocenters. The number of rotatable bonds is 3. The van der Waals surface area contributed by atoms with Crippen LogP contribution in [0.2, 0.25) is 0 Å². The number of hydrogen-bond acceptors (Lipinski definition) is 3. The lowest BCUT2D eigenvalue weighted by molar-refractivity contribution is 0.0964. The molecular weight excluding hydrogens is 254 g/mol. The van der Waals surface area contributed by atoms with E-state index >= 15 is 0 Å². The Balaban J connectivity index is 2.24. The van der Waals surface area contributed by atoms with Crippen LogP contribution in [0.1, 0.15) is 26.4 Å². The van der Waals surface area contributed by atoms with E-state index in [4.69, 9.17) is 0 Å². The Hall–Kier alpha value is -2.69. The molecule has 2 rings (SSSR count). The van der Waals surface area contributed by atoms with Gasteiger partial charge in [0.05, 0.1) is 16.8 Å². The highest BCUT2D eigenvalue weighted by atomic mass is 16.2. The lowest BCUT2D eigenvalue weighted by atomic mass is 10.1. The third kappa shape index (κ3) is 3.00. The van der Waals surface area contributed by atoms with Gasteiger partial charge >= 0.3 is 0 Å². The Morgan fingerprint density at radius 2 is 1.80 bits per heavy atom. The van der Waals surface area contributed by atoms with Gasteiger partial charge in [0.25, 0.3) is 11.8 Å². The molecular formula is C15H15N3O2. The van der Waals surface area contributed by atoms with Crippen LogP contribution < -0.4 is 10.6 Å². The third-order valence-electron chi connectivity index (χ3n) is 2.82. The molecule has 5 heteroatoms. The lowest BCUT2D eigenvalue weighted by Crippen LogP contribution is -2.21. The fourth-order valence-electron chi connectivity index (χ4n) is 1.72. The van der Waals surface area contributed by atoms with Crippen molar-refractivity contribution in [2.75, 3.05) is 12.4 Å². The van der Waals surface area contributed by atoms with E-state index in [9.17, 15) is 9.59 Å². The third-order valence-corrected chi connectivity index (χ3v) is 2.82. The van der Waals surface area contributed by atoms with Crippen LogP contribution in [0, 0.1) is 6.92 Å². The van der Waals surface area contributed by atoms with Gasteiger partial charge in [-0.2, -0.15) is 0 Å². The Bertz CT molecular complexity index is 636. The maximum atomic E-state index is 12.1. The van der Waals surface area contributed by atoms with Crippen molar-refractivity contribution in [3.05, 3.63) is 59.4 Å². The molecule has 0 bridgehead atoms. The van der Waals surface area contributed by atoms with Crippen LogP contribution in [0.4, 0.5) is 5.69 Å². The van der Waals surface area contributed by atoms with Crippen LogP contribution in [-0.4, -0.2) is 23.8 Å². The van der Waals surface area contributed by atoms with Crippen molar-refractivity contribution in [1.82, 2.24) is 10.3 Å². The maximum absolute atomic E-state index is 12.1. The van der Waals surface area contributed by atoms with E-state index in [1.165, 1.54) is 6.20 Å². The zero-order chi connectivity index (χ0) is 14.5. The van der Waals surface area contributed by atoms with Crippen molar-refractivity contribution in [1.29, 1.82) is 0 Å². The second-order valence-electron chi connectivity index (χ2n) is 4.27. The van der Waals surface area contributed by atoms with Gasteiger partial charge in [0.1, 0.15) is 0 Å². The number of aryl methyl sites for hydroxylation is 1. The zero-order valence-electron chi connectivity index (χ0n) is 11.3. The van der Waals surface area contributed by atoms with Gasteiger partial charge in [-0.05, 0) is 31.2 Å². The van der Waals surface area contributed by atoms with Crippen LogP contribution in [0.3, 0.4) is 0 Å². The summed E-state index contributed by atoms with van der Waals surface area (Å²) in [6.07, 6.45) is 1.51. The van der Waals surface area contributed by atoms with Crippen LogP contribution in [0.25, 0.3) is 0 Å². The number of amides is 2. The van der Waals surface area contributed by atoms with Crippen LogP contribution in [0.15, 0.2) is 42.6 Å². The Morgan fingerprint density at radius 1 is 1.05 bits per heavy atom. The van der Waals surface area contributed by atoms with Gasteiger partial charge in [0.2, 0.25) is 0 Å². The van der Waals surface area contributed by atoms with Crippen LogP contribution in [-0.2, 0) is 0 Å². The fourth-order valence-corrected chi connectivity index (χ4v) is 1.72. The highest BCUT2D eigenvalue weighted by Crippen LogP contribution is 2.16. The smallest absolute Gasteiger partial charge is 0.257 e. The molecule has 0 aliphatic heterocycles. The second-order valence-corrected chi connectivity index (χ2v) is 4.27. The summed E-state index contributed by atoms with van der Waals surface area (Å²) < 4.78 is 0. The van der Waals surface area contributed by atoms with Gasteiger partial charge in [-0.15, -0.1) is 0 Å². The van der Waals surface area contributed by atoms with E-state index in [-0.39, 0.29) is 11.8 Å². The second kappa shape index (κ2) is 5.97. The molecule has 0 aliphatic carbocycles. The van der Waals surface area contributed by atoms with Gasteiger partial charge in [-0.3, -0.25) is 14.6 Å². The first-order valence-corrected chi connectivity index (χ1v) is 6.17. The van der Waals surface area contributed by atoms with Crippen molar-refractivity contribution >= 4 is 17.5 Å². The number of carbonyl (C=O) groups excluding carboxylic acids is 2. The number of carbonyl (C=O) groups is 2. The Labute approximate surface area is 117 Å². The van der Waals surface area contributed by atoms with Gasteiger partial charge < -0.3 is 10.6 Å². The highest BCUT2D eigenvalue weighted by molar-refractivity contribution is 6.08. The van der Waals surface area contributed by atoms with Crippen molar-refractivity contribution in [2.24, 2.45) is 0 Å². The fraction of sp³-hybridized carbons (Fsp3) is 0.133. The summed E-state index contributed by atoms with van der Waals surface area (Å²) in [7, 11) is 1.55. The molecule has 0 fully saturated rings. The van der Waals surface area contributed by atoms with Gasteiger partial charge in [-0.25, -0.2) is 0 Å². The monoisotopic (exact) mass is 269 g/mol. The number of nitrogens with zero attached hydrogens (tertiary/aromatic N) is 1. The number of hydrogen-bond donors (Lipinski definition) is 2. The van der Waals surface area contributed by atoms with E-state index in [1.54, 1.807) is 43.4 Å². The summed E-state index contributed by atoms with van der Waals surface area (Å²) >= 11 is 0. The first-order valence-electron chi connectivity index (χ1n) is 6.17. The Morgan fingerprint density at radius 3 is 2.45 bits per heavy atom. The maximum Gasteiger partial charge on any atom is 0.257 e. The molecule has 1 heterocycles. The van der Waals surface area contributed by atoms with E-state index < -0.39 is 0 Å². The topological polar surface area (TPSA) is 71.1 Å². The molecule has 2 N–H and O–H groups in total. The Kier molecular flexibility index (Phi) is 4.10. The molecule has 0 saturated carbocycles. The predicted molar refractivity (Wildman–Crippen MR) is 76.8 cm³/mol. The normalized spacial score (nSPS) is 9.90. The predicted octanol–water partition coefficient (Wildman–Crippen LogP) is 2.00. The molecule has 1 aromatic heterocycles. The van der Waals surface area contributed by atoms with Crippen molar-refractivity contribution < 1.29 is 9.59 Å². The van der Waals surface area contributed by atoms with Gasteiger partial charge in [-0.1, -0.05) is 12.1 Å². The summed E-state index contributed by atoms with van der Waals surface area (Å²) in [6, 6.07) is 10.3. The van der Waals surface area contributed by atoms with Crippen LogP contribution >= 0.6 is 0 Å². The van der Waals surface area contributed by atoms with E-state index in [0.717, 1.165) is 5.69 Å². The molecule has 0 aliphatic rings. The summed E-state index contributed by atoms with van der Waals surface area (Å²) in [5.41, 5.74) is 2.18. The molecule has 102 valence electrons. The number of nitrogens with one attached hydrogen (secondary N) is 2. The van der Waals surface area contributed by atoms with Crippen molar-refractivity contribution in [3.63, 3.8) is 0 Å². The zero-order valence-corrected chi connectivity index (χ0v) is 11.3. The van der Waals surface area contributed by atoms with Gasteiger partial charge in [0, 0.05) is 18.9 Å². The first kappa shape index (κ1) is 13.7. The largest absolute Gasteiger partial charge is 0.355 e. The molecule has 0 spiro atoms. The minimum Gasteiger partial charge on any atom is -0.355 e. The number of aromatic nitrogens is 1. The molecule has 20 heavy (non-hydrogen) atoms. The summed E-state index contributed by atoms with van der Waals surface area (Å²) in [4.78, 5) is 27.9. The van der Waals surface area contributed by atoms with Gasteiger partial charge in [0.15, 0.2) is 0 Å². The summed E-state index contributed by atoms with van der Waals surface area (Å²) in [5.74, 6) is -0.545. The SMILES string of the molecule is CNC(=O)c1ccccc1NC(=O)c1ccc(C)nc1. The molecule has 1 aromatic carbocycles. The summed E-state index contributed by atoms with van der Waals surface area (Å²) in [6.45, 7) is 1.85. The number of para-hydroxylation sites is 1. The number of anilines is 1. The quantitative estimate of drug-likeness (QED) is 0.895. The summed E-state index contributed by atoms with van der Waals surface area (Å²) in [5, 5.41) is 5.26. The number of benzene rings is 1. The number of pyridine rings is 1. The van der Waals surface area contributed by atoms with E-state index in [2.05, 4.69) is 15.6 Å². The standard InChI is InChI=1S/C15H15N3O2/c1-10-7-8-11(9-17-10)14(19)18-13-6-4-3-5-12(13)15(20)16-2/h3-9H,1-2H3,(H,16,20)(H,18,19). The lowest BCUT2D eigenvalue weighted by Gasteiger charge is -2.10. The van der Waals surface area contributed by atoms with Crippen molar-refractivity contribution in [3.8, 4) is 0 Å². The molecule has 0 atom stereocenters. The highest BCUT2D eigenvalue weighted by Gasteiger charge is 2.12. The molecule has 2 amide bonds. The van der Waals surface area contributed by atoms with E-state index in [1.807, 2.05) is 6.92 Å². The molecule has 0 saturated heterocycles. The first-order chi connectivity index (χ1) is 9.61. The minimum atomic E-state index is -0.297. The van der Waals surface area contributed by atoms with E-state index in [0.29, 0.717) is 16.8 Å². The molecule has 0 radical (unpaired) electrons. The van der Waals surface area contributed by atoms with Crippen LogP contribution in [0.5, 0.6) is 0 Å². The average Bonchev–Trinajstić information content (AvgIpc) is 2.47. The molecule has 5 nitrogen and oxygen atoms in total. The minimum absolute atomic E-state index is 0.247. The molecule has 2 aromatic rings. The average molecular weight is 269 g/mol.